The van der Waals surface area contributed by atoms with Gasteiger partial charge in [0.2, 0.25) is 0 Å². The molecule has 2 aromatic carbocycles. The largest absolute Gasteiger partial charge is 0.507 e. The molecule has 4 aromatic rings. The molecule has 4 N–H and O–H groups in total. The average Bonchev–Trinajstić information content (AvgIpc) is 3.53. The van der Waals surface area contributed by atoms with Gasteiger partial charge in [0.05, 0.1) is 36.0 Å². The molecule has 2 aliphatic heterocycles. The lowest BCUT2D eigenvalue weighted by Gasteiger charge is -2.28. The van der Waals surface area contributed by atoms with Crippen molar-refractivity contribution in [3.05, 3.63) is 66.0 Å². The first kappa shape index (κ1) is 22.5. The number of aromatic nitrogens is 2. The monoisotopic (exact) mass is 486 g/mol. The van der Waals surface area contributed by atoms with Gasteiger partial charge in [-0.15, -0.1) is 0 Å². The number of aromatic amines is 1. The van der Waals surface area contributed by atoms with E-state index in [1.165, 1.54) is 0 Å². The van der Waals surface area contributed by atoms with E-state index in [1.54, 1.807) is 24.5 Å². The summed E-state index contributed by atoms with van der Waals surface area (Å²) in [6.45, 7) is 3.57. The van der Waals surface area contributed by atoms with Crippen molar-refractivity contribution in [1.29, 1.82) is 0 Å². The van der Waals surface area contributed by atoms with Crippen molar-refractivity contribution in [2.75, 3.05) is 32.8 Å². The fourth-order valence-electron chi connectivity index (χ4n) is 5.29. The smallest absolute Gasteiger partial charge is 0.259 e. The molecule has 9 nitrogen and oxygen atoms in total. The minimum Gasteiger partial charge on any atom is -0.507 e. The van der Waals surface area contributed by atoms with Crippen LogP contribution in [0.2, 0.25) is 0 Å². The van der Waals surface area contributed by atoms with Gasteiger partial charge in [0.15, 0.2) is 0 Å². The van der Waals surface area contributed by atoms with Crippen LogP contribution in [0.15, 0.2) is 54.9 Å². The summed E-state index contributed by atoms with van der Waals surface area (Å²) in [5, 5.41) is 25.4. The van der Waals surface area contributed by atoms with Gasteiger partial charge in [0, 0.05) is 66.0 Å². The number of amides is 2. The molecule has 1 fully saturated rings. The molecule has 1 saturated heterocycles. The highest BCUT2D eigenvalue weighted by molar-refractivity contribution is 6.50. The van der Waals surface area contributed by atoms with Crippen LogP contribution in [0.5, 0.6) is 5.75 Å². The number of para-hydroxylation sites is 1. The molecular weight excluding hydrogens is 460 g/mol. The van der Waals surface area contributed by atoms with Crippen LogP contribution in [0.25, 0.3) is 33.0 Å². The first-order valence-corrected chi connectivity index (χ1v) is 12.0. The number of hydrogen-bond acceptors (Lipinski definition) is 6. The molecule has 9 heteroatoms. The van der Waals surface area contributed by atoms with E-state index in [0.29, 0.717) is 41.8 Å². The first-order valence-electron chi connectivity index (χ1n) is 12.0. The number of imide groups is 1. The normalized spacial score (nSPS) is 17.9. The number of H-pyrrole nitrogens is 1. The van der Waals surface area contributed by atoms with Gasteiger partial charge in [-0.3, -0.25) is 19.8 Å². The molecule has 4 heterocycles. The van der Waals surface area contributed by atoms with Crippen LogP contribution in [0.3, 0.4) is 0 Å². The average molecular weight is 487 g/mol. The number of aliphatic hydroxyl groups is 1. The molecule has 0 saturated carbocycles. The van der Waals surface area contributed by atoms with E-state index in [2.05, 4.69) is 15.2 Å². The van der Waals surface area contributed by atoms with Gasteiger partial charge in [-0.2, -0.15) is 0 Å². The Labute approximate surface area is 206 Å². The van der Waals surface area contributed by atoms with Crippen molar-refractivity contribution >= 4 is 44.8 Å². The van der Waals surface area contributed by atoms with Crippen molar-refractivity contribution < 1.29 is 24.5 Å². The lowest BCUT2D eigenvalue weighted by Crippen LogP contribution is -2.41. The summed E-state index contributed by atoms with van der Waals surface area (Å²) in [6, 6.07) is 12.7. The SMILES string of the molecule is O=C1NC(=O)C(c2cn(CC(O)CN3CCOCC3)c3cccc(O)c23)=C1c1c[nH]c2ccccc12. The maximum absolute atomic E-state index is 13.1. The molecule has 0 spiro atoms. The topological polar surface area (TPSA) is 120 Å². The van der Waals surface area contributed by atoms with E-state index in [1.807, 2.05) is 34.9 Å². The van der Waals surface area contributed by atoms with Crippen LogP contribution in [0.1, 0.15) is 11.1 Å². The highest BCUT2D eigenvalue weighted by atomic mass is 16.5. The summed E-state index contributed by atoms with van der Waals surface area (Å²) >= 11 is 0. The molecule has 1 atom stereocenters. The number of phenolic OH excluding ortho intramolecular Hbond substituents is 1. The van der Waals surface area contributed by atoms with E-state index < -0.39 is 17.9 Å². The highest BCUT2D eigenvalue weighted by Crippen LogP contribution is 2.40. The zero-order valence-corrected chi connectivity index (χ0v) is 19.5. The van der Waals surface area contributed by atoms with Crippen molar-refractivity contribution in [2.24, 2.45) is 0 Å². The predicted octanol–water partition coefficient (Wildman–Crippen LogP) is 2.09. The number of β-amino-alcohol motifs (C(OH)–C–C–N with tert-alkyl or cyclic N) is 1. The number of benzene rings is 2. The maximum Gasteiger partial charge on any atom is 0.259 e. The standard InChI is InChI=1S/C27H26N4O5/c32-16(13-30-8-10-36-11-9-30)14-31-15-19(23-21(31)6-3-7-22(23)33)25-24(26(34)29-27(25)35)18-12-28-20-5-2-1-4-17(18)20/h1-7,12,15-16,28,32-33H,8-11,13-14H2,(H,29,34,35). The third kappa shape index (κ3) is 3.78. The summed E-state index contributed by atoms with van der Waals surface area (Å²) < 4.78 is 7.23. The molecule has 2 amide bonds. The lowest BCUT2D eigenvalue weighted by molar-refractivity contribution is -0.122. The second-order valence-corrected chi connectivity index (χ2v) is 9.21. The van der Waals surface area contributed by atoms with E-state index in [-0.39, 0.29) is 23.4 Å². The zero-order chi connectivity index (χ0) is 24.8. The summed E-state index contributed by atoms with van der Waals surface area (Å²) in [6.07, 6.45) is 2.80. The number of morpholine rings is 1. The fourth-order valence-corrected chi connectivity index (χ4v) is 5.29. The Bertz CT molecular complexity index is 1530. The van der Waals surface area contributed by atoms with Gasteiger partial charge < -0.3 is 24.5 Å². The number of ether oxygens (including phenoxy) is 1. The number of aliphatic hydroxyl groups excluding tert-OH is 1. The minimum absolute atomic E-state index is 0.00171. The van der Waals surface area contributed by atoms with Crippen LogP contribution in [-0.4, -0.2) is 75.4 Å². The molecule has 184 valence electrons. The molecular formula is C27H26N4O5. The fraction of sp³-hybridized carbons (Fsp3) is 0.259. The second-order valence-electron chi connectivity index (χ2n) is 9.21. The number of nitrogens with one attached hydrogen (secondary N) is 2. The molecule has 2 aliphatic rings. The molecule has 0 bridgehead atoms. The van der Waals surface area contributed by atoms with Gasteiger partial charge in [-0.05, 0) is 18.2 Å². The maximum atomic E-state index is 13.1. The molecule has 0 aliphatic carbocycles. The first-order chi connectivity index (χ1) is 17.5. The number of phenols is 1. The third-order valence-corrected chi connectivity index (χ3v) is 6.92. The van der Waals surface area contributed by atoms with Crippen molar-refractivity contribution in [3.8, 4) is 5.75 Å². The van der Waals surface area contributed by atoms with Crippen LogP contribution in [0.4, 0.5) is 0 Å². The predicted molar refractivity (Wildman–Crippen MR) is 135 cm³/mol. The Morgan fingerprint density at radius 1 is 0.944 bits per heavy atom. The zero-order valence-electron chi connectivity index (χ0n) is 19.5. The quantitative estimate of drug-likeness (QED) is 0.310. The molecule has 36 heavy (non-hydrogen) atoms. The van der Waals surface area contributed by atoms with Crippen molar-refractivity contribution in [3.63, 3.8) is 0 Å². The van der Waals surface area contributed by atoms with Gasteiger partial charge in [-0.1, -0.05) is 24.3 Å². The van der Waals surface area contributed by atoms with Gasteiger partial charge in [0.1, 0.15) is 5.75 Å². The number of fused-ring (bicyclic) bond motifs is 2. The van der Waals surface area contributed by atoms with Crippen molar-refractivity contribution in [1.82, 2.24) is 19.8 Å². The van der Waals surface area contributed by atoms with E-state index >= 15 is 0 Å². The number of aromatic hydroxyl groups is 1. The molecule has 1 unspecified atom stereocenters. The Balaban J connectivity index is 1.47. The van der Waals surface area contributed by atoms with Crippen LogP contribution in [0, 0.1) is 0 Å². The van der Waals surface area contributed by atoms with Gasteiger partial charge in [0.25, 0.3) is 11.8 Å². The Morgan fingerprint density at radius 2 is 1.69 bits per heavy atom. The van der Waals surface area contributed by atoms with Gasteiger partial charge in [-0.25, -0.2) is 0 Å². The molecule has 0 radical (unpaired) electrons. The Hall–Kier alpha value is -3.92. The summed E-state index contributed by atoms with van der Waals surface area (Å²) in [7, 11) is 0. The molecule has 2 aromatic heterocycles. The van der Waals surface area contributed by atoms with E-state index in [0.717, 1.165) is 24.0 Å². The minimum atomic E-state index is -0.671. The number of carbonyl (C=O) groups is 2. The lowest BCUT2D eigenvalue weighted by atomic mass is 9.95. The number of rotatable bonds is 6. The molecule has 6 rings (SSSR count). The Morgan fingerprint density at radius 3 is 2.50 bits per heavy atom. The highest BCUT2D eigenvalue weighted by Gasteiger charge is 2.35. The second kappa shape index (κ2) is 8.94. The number of hydrogen-bond donors (Lipinski definition) is 4. The van der Waals surface area contributed by atoms with Crippen LogP contribution in [-0.2, 0) is 20.9 Å². The summed E-state index contributed by atoms with van der Waals surface area (Å²) in [5.74, 6) is -0.998. The van der Waals surface area contributed by atoms with E-state index in [9.17, 15) is 19.8 Å². The summed E-state index contributed by atoms with van der Waals surface area (Å²) in [5.41, 5.74) is 3.05. The van der Waals surface area contributed by atoms with Crippen LogP contribution >= 0.6 is 0 Å². The van der Waals surface area contributed by atoms with Crippen LogP contribution < -0.4 is 5.32 Å². The van der Waals surface area contributed by atoms with Crippen molar-refractivity contribution in [2.45, 2.75) is 12.6 Å². The number of carbonyl (C=O) groups excluding carboxylic acids is 2. The Kier molecular flexibility index (Phi) is 5.60. The summed E-state index contributed by atoms with van der Waals surface area (Å²) in [4.78, 5) is 31.4. The third-order valence-electron chi connectivity index (χ3n) is 6.92. The van der Waals surface area contributed by atoms with Gasteiger partial charge >= 0.3 is 0 Å². The van der Waals surface area contributed by atoms with E-state index in [4.69, 9.17) is 4.74 Å². The number of nitrogens with zero attached hydrogens (tertiary/aromatic N) is 2.